The minimum atomic E-state index is -3.28. The number of fused-ring (bicyclic) bond motifs is 1. The zero-order valence-corrected chi connectivity index (χ0v) is 10.0. The first kappa shape index (κ1) is 11.4. The van der Waals surface area contributed by atoms with Crippen LogP contribution < -0.4 is 0 Å². The van der Waals surface area contributed by atoms with Gasteiger partial charge in [0.05, 0.1) is 21.2 Å². The highest BCUT2D eigenvalue weighted by Crippen LogP contribution is 2.36. The van der Waals surface area contributed by atoms with Crippen molar-refractivity contribution in [1.29, 1.82) is 0 Å². The first-order valence-corrected chi connectivity index (χ1v) is 6.65. The molecule has 0 radical (unpaired) electrons. The van der Waals surface area contributed by atoms with E-state index in [9.17, 15) is 13.2 Å². The number of hydrogen-bond acceptors (Lipinski definition) is 3. The molecule has 0 fully saturated rings. The summed E-state index contributed by atoms with van der Waals surface area (Å²) in [6.07, 6.45) is 0.290. The van der Waals surface area contributed by atoms with E-state index in [-0.39, 0.29) is 21.2 Å². The van der Waals surface area contributed by atoms with Gasteiger partial charge in [0.2, 0.25) is 0 Å². The van der Waals surface area contributed by atoms with Crippen molar-refractivity contribution in [3.8, 4) is 0 Å². The van der Waals surface area contributed by atoms with Crippen molar-refractivity contribution in [2.24, 2.45) is 0 Å². The molecule has 0 aromatic heterocycles. The minimum absolute atomic E-state index is 0.00592. The summed E-state index contributed by atoms with van der Waals surface area (Å²) in [5.41, 5.74) is 0.864. The van der Waals surface area contributed by atoms with Crippen molar-refractivity contribution in [1.82, 2.24) is 0 Å². The lowest BCUT2D eigenvalue weighted by Gasteiger charge is -2.08. The molecule has 1 aliphatic heterocycles. The third kappa shape index (κ3) is 1.51. The van der Waals surface area contributed by atoms with Crippen LogP contribution in [0.3, 0.4) is 0 Å². The highest BCUT2D eigenvalue weighted by Gasteiger charge is 2.32. The van der Waals surface area contributed by atoms with Gasteiger partial charge in [0.15, 0.2) is 9.84 Å². The number of rotatable bonds is 1. The van der Waals surface area contributed by atoms with Gasteiger partial charge in [-0.25, -0.2) is 13.2 Å². The van der Waals surface area contributed by atoms with E-state index in [0.717, 1.165) is 0 Å². The van der Waals surface area contributed by atoms with Crippen molar-refractivity contribution in [2.45, 2.75) is 18.2 Å². The number of hydrogen-bond donors (Lipinski definition) is 1. The highest BCUT2D eigenvalue weighted by molar-refractivity contribution is 7.91. The van der Waals surface area contributed by atoms with E-state index in [4.69, 9.17) is 16.7 Å². The van der Waals surface area contributed by atoms with Gasteiger partial charge in [0.25, 0.3) is 0 Å². The smallest absolute Gasteiger partial charge is 0.337 e. The molecule has 16 heavy (non-hydrogen) atoms. The predicted octanol–water partition coefficient (Wildman–Crippen LogP) is 1.68. The average Bonchev–Trinajstić information content (AvgIpc) is 2.48. The van der Waals surface area contributed by atoms with E-state index in [2.05, 4.69) is 0 Å². The maximum absolute atomic E-state index is 11.7. The molecule has 1 aromatic carbocycles. The fraction of sp³-hybridized carbons (Fsp3) is 0.300. The zero-order valence-electron chi connectivity index (χ0n) is 8.45. The molecule has 0 amide bonds. The maximum atomic E-state index is 11.7. The lowest BCUT2D eigenvalue weighted by atomic mass is 10.0. The monoisotopic (exact) mass is 260 g/mol. The van der Waals surface area contributed by atoms with E-state index in [0.29, 0.717) is 17.5 Å². The van der Waals surface area contributed by atoms with Crippen LogP contribution in [0.5, 0.6) is 0 Å². The number of halogens is 1. The number of carboxylic acids is 1. The molecular formula is C10H9ClO4S. The van der Waals surface area contributed by atoms with Gasteiger partial charge < -0.3 is 5.11 Å². The van der Waals surface area contributed by atoms with E-state index in [1.165, 1.54) is 6.07 Å². The van der Waals surface area contributed by atoms with E-state index in [1.807, 2.05) is 0 Å². The average molecular weight is 261 g/mol. The van der Waals surface area contributed by atoms with E-state index >= 15 is 0 Å². The molecule has 6 heteroatoms. The summed E-state index contributed by atoms with van der Waals surface area (Å²) in [7, 11) is -3.28. The molecule has 4 nitrogen and oxygen atoms in total. The molecule has 1 heterocycles. The Balaban J connectivity index is 2.84. The summed E-state index contributed by atoms with van der Waals surface area (Å²) >= 11 is 5.90. The molecule has 86 valence electrons. The van der Waals surface area contributed by atoms with Crippen LogP contribution in [0.2, 0.25) is 5.02 Å². The molecule has 0 saturated carbocycles. The molecular weight excluding hydrogens is 252 g/mol. The van der Waals surface area contributed by atoms with Gasteiger partial charge in [0, 0.05) is 0 Å². The summed E-state index contributed by atoms with van der Waals surface area (Å²) in [6.45, 7) is 1.59. The van der Waals surface area contributed by atoms with Crippen molar-refractivity contribution < 1.29 is 18.3 Å². The van der Waals surface area contributed by atoms with Gasteiger partial charge in [-0.15, -0.1) is 0 Å². The second-order valence-corrected chi connectivity index (χ2v) is 6.16. The summed E-state index contributed by atoms with van der Waals surface area (Å²) < 4.78 is 23.4. The molecule has 0 unspecified atom stereocenters. The second-order valence-electron chi connectivity index (χ2n) is 3.74. The van der Waals surface area contributed by atoms with Crippen LogP contribution in [0, 0.1) is 6.92 Å². The molecule has 0 atom stereocenters. The Labute approximate surface area is 97.8 Å². The third-order valence-corrected chi connectivity index (χ3v) is 5.02. The van der Waals surface area contributed by atoms with Crippen LogP contribution in [0.15, 0.2) is 11.0 Å². The number of benzene rings is 1. The zero-order chi connectivity index (χ0) is 12.1. The third-order valence-electron chi connectivity index (χ3n) is 2.66. The van der Waals surface area contributed by atoms with E-state index in [1.54, 1.807) is 6.92 Å². The lowest BCUT2D eigenvalue weighted by Crippen LogP contribution is -2.04. The standard InChI is InChI=1S/C10H9ClO4S/c1-5-4-7(10(12)13)8(11)6-2-3-16(14,15)9(5)6/h4H,2-3H2,1H3,(H,12,13). The predicted molar refractivity (Wildman–Crippen MR) is 58.9 cm³/mol. The molecule has 1 N–H and O–H groups in total. The molecule has 0 saturated heterocycles. The molecule has 0 spiro atoms. The minimum Gasteiger partial charge on any atom is -0.478 e. The van der Waals surface area contributed by atoms with Crippen LogP contribution in [0.25, 0.3) is 0 Å². The Morgan fingerprint density at radius 3 is 2.69 bits per heavy atom. The SMILES string of the molecule is Cc1cc(C(=O)O)c(Cl)c2c1S(=O)(=O)CC2. The Morgan fingerprint density at radius 2 is 2.12 bits per heavy atom. The van der Waals surface area contributed by atoms with Gasteiger partial charge in [0.1, 0.15) is 0 Å². The fourth-order valence-electron chi connectivity index (χ4n) is 2.00. The van der Waals surface area contributed by atoms with Crippen LogP contribution in [-0.4, -0.2) is 25.2 Å². The summed E-state index contributed by atoms with van der Waals surface area (Å²) in [5, 5.41) is 8.97. The molecule has 0 bridgehead atoms. The van der Waals surface area contributed by atoms with Crippen LogP contribution >= 0.6 is 11.6 Å². The Hall–Kier alpha value is -1.07. The number of carbonyl (C=O) groups is 1. The van der Waals surface area contributed by atoms with Crippen molar-refractivity contribution in [3.63, 3.8) is 0 Å². The van der Waals surface area contributed by atoms with Crippen molar-refractivity contribution in [3.05, 3.63) is 27.8 Å². The second kappa shape index (κ2) is 3.46. The number of sulfone groups is 1. The van der Waals surface area contributed by atoms with Crippen LogP contribution in [-0.2, 0) is 16.3 Å². The highest BCUT2D eigenvalue weighted by atomic mass is 35.5. The van der Waals surface area contributed by atoms with Gasteiger partial charge in [-0.1, -0.05) is 11.6 Å². The Morgan fingerprint density at radius 1 is 1.50 bits per heavy atom. The van der Waals surface area contributed by atoms with Gasteiger partial charge in [-0.3, -0.25) is 0 Å². The van der Waals surface area contributed by atoms with Gasteiger partial charge in [-0.05, 0) is 30.5 Å². The first-order chi connectivity index (χ1) is 7.34. The van der Waals surface area contributed by atoms with Crippen LogP contribution in [0.4, 0.5) is 0 Å². The lowest BCUT2D eigenvalue weighted by molar-refractivity contribution is 0.0696. The summed E-state index contributed by atoms with van der Waals surface area (Å²) in [6, 6.07) is 1.31. The molecule has 1 aliphatic rings. The molecule has 0 aliphatic carbocycles. The fourth-order valence-corrected chi connectivity index (χ4v) is 4.18. The quantitative estimate of drug-likeness (QED) is 0.834. The Kier molecular flexibility index (Phi) is 2.47. The topological polar surface area (TPSA) is 71.4 Å². The first-order valence-electron chi connectivity index (χ1n) is 4.62. The van der Waals surface area contributed by atoms with Gasteiger partial charge >= 0.3 is 5.97 Å². The molecule has 1 aromatic rings. The Bertz CT molecular complexity index is 589. The largest absolute Gasteiger partial charge is 0.478 e. The van der Waals surface area contributed by atoms with Gasteiger partial charge in [-0.2, -0.15) is 0 Å². The normalized spacial score (nSPS) is 17.1. The van der Waals surface area contributed by atoms with Crippen LogP contribution in [0.1, 0.15) is 21.5 Å². The van der Waals surface area contributed by atoms with Crippen molar-refractivity contribution >= 4 is 27.4 Å². The number of carboxylic acid groups (broad SMARTS) is 1. The maximum Gasteiger partial charge on any atom is 0.337 e. The summed E-state index contributed by atoms with van der Waals surface area (Å²) in [4.78, 5) is 11.1. The van der Waals surface area contributed by atoms with Crippen molar-refractivity contribution in [2.75, 3.05) is 5.75 Å². The number of aryl methyl sites for hydroxylation is 1. The number of aromatic carboxylic acids is 1. The van der Waals surface area contributed by atoms with E-state index < -0.39 is 15.8 Å². The summed E-state index contributed by atoms with van der Waals surface area (Å²) in [5.74, 6) is -1.13. The molecule has 2 rings (SSSR count).